The fraction of sp³-hybridized carbons (Fsp3) is 0.130. The van der Waals surface area contributed by atoms with Crippen molar-refractivity contribution in [3.63, 3.8) is 0 Å². The van der Waals surface area contributed by atoms with Gasteiger partial charge in [0.2, 0.25) is 0 Å². The molecule has 3 rings (SSSR count). The molecular weight excluding hydrogens is 510 g/mol. The molecule has 0 aromatic heterocycles. The van der Waals surface area contributed by atoms with Gasteiger partial charge in [0.1, 0.15) is 0 Å². The first kappa shape index (κ1) is 23.9. The van der Waals surface area contributed by atoms with E-state index in [0.29, 0.717) is 16.9 Å². The first-order valence-electron chi connectivity index (χ1n) is 9.63. The fourth-order valence-electron chi connectivity index (χ4n) is 3.04. The number of carbonyl (C=O) groups is 1. The Labute approximate surface area is 201 Å². The van der Waals surface area contributed by atoms with Crippen molar-refractivity contribution >= 4 is 60.6 Å². The topological polar surface area (TPSA) is 87.3 Å². The first-order valence-corrected chi connectivity index (χ1v) is 12.3. The van der Waals surface area contributed by atoms with E-state index in [-0.39, 0.29) is 15.9 Å². The average Bonchev–Trinajstić information content (AvgIpc) is 2.69. The highest BCUT2D eigenvalue weighted by Crippen LogP contribution is 2.21. The monoisotopic (exact) mass is 531 g/mol. The van der Waals surface area contributed by atoms with Crippen LogP contribution in [0.2, 0.25) is 0 Å². The molecule has 0 aliphatic rings. The number of rotatable bonds is 5. The zero-order chi connectivity index (χ0) is 23.5. The third-order valence-corrected chi connectivity index (χ3v) is 7.01. The van der Waals surface area contributed by atoms with Crippen LogP contribution in [0.25, 0.3) is 0 Å². The minimum Gasteiger partial charge on any atom is -0.332 e. The van der Waals surface area contributed by atoms with Crippen LogP contribution < -0.4 is 15.4 Å². The van der Waals surface area contributed by atoms with Crippen molar-refractivity contribution in [3.05, 3.63) is 87.4 Å². The van der Waals surface area contributed by atoms with Gasteiger partial charge < -0.3 is 5.32 Å². The maximum absolute atomic E-state index is 12.7. The molecule has 6 nitrogen and oxygen atoms in total. The van der Waals surface area contributed by atoms with Gasteiger partial charge >= 0.3 is 0 Å². The minimum absolute atomic E-state index is 0.107. The Morgan fingerprint density at radius 3 is 2.09 bits per heavy atom. The number of hydrogen-bond acceptors (Lipinski definition) is 4. The average molecular weight is 532 g/mol. The van der Waals surface area contributed by atoms with Gasteiger partial charge in [-0.05, 0) is 98.2 Å². The number of benzene rings is 3. The summed E-state index contributed by atoms with van der Waals surface area (Å²) in [5.74, 6) is -0.347. The van der Waals surface area contributed by atoms with E-state index >= 15 is 0 Å². The third kappa shape index (κ3) is 6.15. The Balaban J connectivity index is 1.65. The molecule has 0 radical (unpaired) electrons. The van der Waals surface area contributed by atoms with E-state index in [4.69, 9.17) is 12.2 Å². The first-order chi connectivity index (χ1) is 15.0. The summed E-state index contributed by atoms with van der Waals surface area (Å²) < 4.78 is 28.8. The lowest BCUT2D eigenvalue weighted by atomic mass is 10.1. The predicted octanol–water partition coefficient (Wildman–Crippen LogP) is 5.30. The molecule has 0 bridgehead atoms. The summed E-state index contributed by atoms with van der Waals surface area (Å²) in [5.41, 5.74) is 4.48. The van der Waals surface area contributed by atoms with Crippen molar-refractivity contribution < 1.29 is 13.2 Å². The van der Waals surface area contributed by atoms with Crippen molar-refractivity contribution in [2.45, 2.75) is 25.7 Å². The second kappa shape index (κ2) is 9.81. The van der Waals surface area contributed by atoms with E-state index < -0.39 is 10.0 Å². The third-order valence-electron chi connectivity index (χ3n) is 4.56. The van der Waals surface area contributed by atoms with E-state index in [1.165, 1.54) is 12.1 Å². The van der Waals surface area contributed by atoms with Crippen LogP contribution in [0, 0.1) is 20.8 Å². The number of hydrogen-bond donors (Lipinski definition) is 3. The number of amides is 1. The van der Waals surface area contributed by atoms with Gasteiger partial charge in [-0.2, -0.15) is 0 Å². The second-order valence-corrected chi connectivity index (χ2v) is 10.3. The van der Waals surface area contributed by atoms with Crippen molar-refractivity contribution in [2.75, 3.05) is 10.0 Å². The molecule has 1 amide bonds. The lowest BCUT2D eigenvalue weighted by Crippen LogP contribution is -2.34. The molecule has 0 saturated carbocycles. The molecular formula is C23H22BrN3O3S2. The summed E-state index contributed by atoms with van der Waals surface area (Å²) in [7, 11) is -3.74. The SMILES string of the molecule is Cc1cc(C)cc(NS(=O)(=O)c2ccc(NC(=S)NC(=O)c3ccc(C)c(Br)c3)cc2)c1. The highest BCUT2D eigenvalue weighted by Gasteiger charge is 2.15. The van der Waals surface area contributed by atoms with E-state index in [9.17, 15) is 13.2 Å². The summed E-state index contributed by atoms with van der Waals surface area (Å²) >= 11 is 8.60. The molecule has 0 heterocycles. The molecule has 0 fully saturated rings. The molecule has 32 heavy (non-hydrogen) atoms. The number of halogens is 1. The van der Waals surface area contributed by atoms with Crippen molar-refractivity contribution in [3.8, 4) is 0 Å². The van der Waals surface area contributed by atoms with Crippen molar-refractivity contribution in [2.24, 2.45) is 0 Å². The Bertz CT molecular complexity index is 1270. The minimum atomic E-state index is -3.74. The van der Waals surface area contributed by atoms with Gasteiger partial charge in [-0.3, -0.25) is 14.8 Å². The summed E-state index contributed by atoms with van der Waals surface area (Å²) in [6, 6.07) is 16.9. The molecule has 0 unspecified atom stereocenters. The van der Waals surface area contributed by atoms with E-state index in [1.54, 1.807) is 36.4 Å². The number of carbonyl (C=O) groups excluding carboxylic acids is 1. The summed E-state index contributed by atoms with van der Waals surface area (Å²) in [4.78, 5) is 12.5. The molecule has 0 atom stereocenters. The Kier molecular flexibility index (Phi) is 7.33. The van der Waals surface area contributed by atoms with Crippen LogP contribution in [0.15, 0.2) is 70.0 Å². The lowest BCUT2D eigenvalue weighted by Gasteiger charge is -2.12. The van der Waals surface area contributed by atoms with E-state index in [0.717, 1.165) is 21.2 Å². The van der Waals surface area contributed by atoms with Gasteiger partial charge in [0, 0.05) is 21.4 Å². The zero-order valence-corrected chi connectivity index (χ0v) is 20.9. The normalized spacial score (nSPS) is 11.0. The van der Waals surface area contributed by atoms with E-state index in [2.05, 4.69) is 31.3 Å². The summed E-state index contributed by atoms with van der Waals surface area (Å²) in [6.45, 7) is 5.74. The van der Waals surface area contributed by atoms with Gasteiger partial charge in [0.05, 0.1) is 4.90 Å². The number of nitrogens with one attached hydrogen (secondary N) is 3. The number of sulfonamides is 1. The molecule has 166 valence electrons. The maximum atomic E-state index is 12.7. The zero-order valence-electron chi connectivity index (χ0n) is 17.7. The number of anilines is 2. The van der Waals surface area contributed by atoms with Crippen LogP contribution in [0.1, 0.15) is 27.0 Å². The molecule has 0 aliphatic heterocycles. The van der Waals surface area contributed by atoms with Crippen molar-refractivity contribution in [1.82, 2.24) is 5.32 Å². The summed E-state index contributed by atoms with van der Waals surface area (Å²) in [6.07, 6.45) is 0. The molecule has 3 aromatic carbocycles. The summed E-state index contributed by atoms with van der Waals surface area (Å²) in [5, 5.41) is 5.60. The Hall–Kier alpha value is -2.75. The fourth-order valence-corrected chi connectivity index (χ4v) is 4.67. The molecule has 3 N–H and O–H groups in total. The number of aryl methyl sites for hydroxylation is 3. The number of thiocarbonyl (C=S) groups is 1. The molecule has 0 spiro atoms. The molecule has 0 aliphatic carbocycles. The molecule has 9 heteroatoms. The van der Waals surface area contributed by atoms with Crippen LogP contribution in [-0.4, -0.2) is 19.4 Å². The lowest BCUT2D eigenvalue weighted by molar-refractivity contribution is 0.0977. The second-order valence-electron chi connectivity index (χ2n) is 7.38. The van der Waals surface area contributed by atoms with Crippen LogP contribution in [0.4, 0.5) is 11.4 Å². The van der Waals surface area contributed by atoms with Crippen LogP contribution >= 0.6 is 28.1 Å². The van der Waals surface area contributed by atoms with Gasteiger partial charge in [0.15, 0.2) is 5.11 Å². The van der Waals surface area contributed by atoms with Crippen LogP contribution in [0.5, 0.6) is 0 Å². The van der Waals surface area contributed by atoms with Gasteiger partial charge in [-0.25, -0.2) is 8.42 Å². The van der Waals surface area contributed by atoms with Gasteiger partial charge in [-0.15, -0.1) is 0 Å². The molecule has 3 aromatic rings. The van der Waals surface area contributed by atoms with E-state index in [1.807, 2.05) is 32.9 Å². The van der Waals surface area contributed by atoms with Crippen LogP contribution in [0.3, 0.4) is 0 Å². The largest absolute Gasteiger partial charge is 0.332 e. The quantitative estimate of drug-likeness (QED) is 0.388. The van der Waals surface area contributed by atoms with Gasteiger partial charge in [-0.1, -0.05) is 28.1 Å². The Morgan fingerprint density at radius 1 is 0.875 bits per heavy atom. The maximum Gasteiger partial charge on any atom is 0.261 e. The Morgan fingerprint density at radius 2 is 1.50 bits per heavy atom. The highest BCUT2D eigenvalue weighted by atomic mass is 79.9. The standard InChI is InChI=1S/C23H22BrN3O3S2/c1-14-10-15(2)12-19(11-14)27-32(29,30)20-8-6-18(7-9-20)25-23(31)26-22(28)17-5-4-16(3)21(24)13-17/h4-13,27H,1-3H3,(H2,25,26,28,31). The molecule has 0 saturated heterocycles. The highest BCUT2D eigenvalue weighted by molar-refractivity contribution is 9.10. The van der Waals surface area contributed by atoms with Crippen LogP contribution in [-0.2, 0) is 10.0 Å². The predicted molar refractivity (Wildman–Crippen MR) is 136 cm³/mol. The van der Waals surface area contributed by atoms with Gasteiger partial charge in [0.25, 0.3) is 15.9 Å². The van der Waals surface area contributed by atoms with Crippen molar-refractivity contribution in [1.29, 1.82) is 0 Å². The smallest absolute Gasteiger partial charge is 0.261 e.